The van der Waals surface area contributed by atoms with Gasteiger partial charge in [-0.15, -0.1) is 0 Å². The van der Waals surface area contributed by atoms with Crippen molar-refractivity contribution in [3.05, 3.63) is 29.3 Å². The summed E-state index contributed by atoms with van der Waals surface area (Å²) in [6.45, 7) is 11.3. The van der Waals surface area contributed by atoms with Gasteiger partial charge in [-0.3, -0.25) is 4.79 Å². The Hall–Kier alpha value is -1.55. The molecule has 1 heterocycles. The zero-order valence-corrected chi connectivity index (χ0v) is 17.0. The normalized spacial score (nSPS) is 19.2. The van der Waals surface area contributed by atoms with Gasteiger partial charge in [0.15, 0.2) is 6.10 Å². The number of nitrogens with one attached hydrogen (secondary N) is 1. The van der Waals surface area contributed by atoms with E-state index in [2.05, 4.69) is 23.2 Å². The van der Waals surface area contributed by atoms with Crippen molar-refractivity contribution >= 4 is 5.91 Å². The average molecular weight is 361 g/mol. The monoisotopic (exact) mass is 360 g/mol. The van der Waals surface area contributed by atoms with Crippen LogP contribution in [0.2, 0.25) is 0 Å². The summed E-state index contributed by atoms with van der Waals surface area (Å²) in [6.07, 6.45) is 6.47. The fourth-order valence-corrected chi connectivity index (χ4v) is 3.73. The molecule has 0 radical (unpaired) electrons. The summed E-state index contributed by atoms with van der Waals surface area (Å²) in [5.41, 5.74) is 2.21. The molecule has 1 aliphatic heterocycles. The molecule has 1 aromatic carbocycles. The van der Waals surface area contributed by atoms with E-state index >= 15 is 0 Å². The molecule has 4 heteroatoms. The lowest BCUT2D eigenvalue weighted by atomic mass is 10.00. The molecule has 1 fully saturated rings. The number of carbonyl (C=O) groups excluding carboxylic acids is 1. The van der Waals surface area contributed by atoms with Crippen LogP contribution < -0.4 is 10.1 Å². The number of hydrogen-bond donors (Lipinski definition) is 1. The molecule has 0 aliphatic carbocycles. The Bertz CT molecular complexity index is 573. The maximum atomic E-state index is 12.5. The van der Waals surface area contributed by atoms with E-state index in [-0.39, 0.29) is 5.91 Å². The first-order chi connectivity index (χ1) is 12.5. The number of nitrogens with zero attached hydrogens (tertiary/aromatic N) is 1. The Balaban J connectivity index is 1.77. The maximum Gasteiger partial charge on any atom is 0.261 e. The molecular formula is C22H36N2O2. The molecule has 146 valence electrons. The van der Waals surface area contributed by atoms with Crippen molar-refractivity contribution < 1.29 is 9.53 Å². The summed E-state index contributed by atoms with van der Waals surface area (Å²) in [4.78, 5) is 15.1. The van der Waals surface area contributed by atoms with Crippen molar-refractivity contribution in [3.63, 3.8) is 0 Å². The van der Waals surface area contributed by atoms with Gasteiger partial charge < -0.3 is 15.0 Å². The molecule has 0 saturated carbocycles. The first-order valence-corrected chi connectivity index (χ1v) is 10.3. The molecule has 1 aromatic rings. The van der Waals surface area contributed by atoms with Crippen LogP contribution in [0.4, 0.5) is 0 Å². The van der Waals surface area contributed by atoms with Gasteiger partial charge in [0.25, 0.3) is 5.91 Å². The molecule has 0 spiro atoms. The number of hydrogen-bond acceptors (Lipinski definition) is 3. The van der Waals surface area contributed by atoms with Gasteiger partial charge in [0, 0.05) is 19.1 Å². The fraction of sp³-hybridized carbons (Fsp3) is 0.682. The van der Waals surface area contributed by atoms with Crippen molar-refractivity contribution in [3.8, 4) is 5.75 Å². The van der Waals surface area contributed by atoms with Gasteiger partial charge in [-0.25, -0.2) is 0 Å². The highest BCUT2D eigenvalue weighted by atomic mass is 16.5. The van der Waals surface area contributed by atoms with Crippen molar-refractivity contribution in [1.82, 2.24) is 10.2 Å². The lowest BCUT2D eigenvalue weighted by molar-refractivity contribution is -0.128. The zero-order chi connectivity index (χ0) is 18.9. The first-order valence-electron chi connectivity index (χ1n) is 10.3. The van der Waals surface area contributed by atoms with Crippen LogP contribution in [0.1, 0.15) is 63.5 Å². The third-order valence-electron chi connectivity index (χ3n) is 5.42. The minimum atomic E-state index is -0.422. The second-order valence-electron chi connectivity index (χ2n) is 7.52. The third kappa shape index (κ3) is 6.01. The first kappa shape index (κ1) is 20.8. The largest absolute Gasteiger partial charge is 0.480 e. The van der Waals surface area contributed by atoms with E-state index in [0.29, 0.717) is 6.42 Å². The van der Waals surface area contributed by atoms with Gasteiger partial charge in [-0.1, -0.05) is 32.4 Å². The van der Waals surface area contributed by atoms with Crippen molar-refractivity contribution in [2.75, 3.05) is 19.6 Å². The molecule has 2 atom stereocenters. The summed E-state index contributed by atoms with van der Waals surface area (Å²) in [7, 11) is 0. The molecule has 0 bridgehead atoms. The summed E-state index contributed by atoms with van der Waals surface area (Å²) < 4.78 is 6.00. The highest BCUT2D eigenvalue weighted by Crippen LogP contribution is 2.21. The molecule has 0 aromatic heterocycles. The van der Waals surface area contributed by atoms with E-state index in [1.807, 2.05) is 32.9 Å². The van der Waals surface area contributed by atoms with Crippen LogP contribution in [-0.2, 0) is 4.79 Å². The van der Waals surface area contributed by atoms with Crippen LogP contribution in [0.25, 0.3) is 0 Å². The Kier molecular flexibility index (Phi) is 8.43. The van der Waals surface area contributed by atoms with Crippen LogP contribution in [0.5, 0.6) is 5.75 Å². The molecule has 1 N–H and O–H groups in total. The molecule has 0 unspecified atom stereocenters. The molecular weight excluding hydrogens is 324 g/mol. The quantitative estimate of drug-likeness (QED) is 0.670. The topological polar surface area (TPSA) is 41.6 Å². The average Bonchev–Trinajstić information content (AvgIpc) is 2.65. The number of amides is 1. The lowest BCUT2D eigenvalue weighted by Crippen LogP contribution is -2.42. The van der Waals surface area contributed by atoms with Crippen LogP contribution in [0, 0.1) is 13.8 Å². The van der Waals surface area contributed by atoms with Gasteiger partial charge in [0.1, 0.15) is 5.75 Å². The number of benzene rings is 1. The lowest BCUT2D eigenvalue weighted by Gasteiger charge is -2.35. The molecule has 1 saturated heterocycles. The summed E-state index contributed by atoms with van der Waals surface area (Å²) in [5, 5.41) is 3.07. The maximum absolute atomic E-state index is 12.5. The van der Waals surface area contributed by atoms with Gasteiger partial charge in [-0.2, -0.15) is 0 Å². The molecule has 2 rings (SSSR count). The highest BCUT2D eigenvalue weighted by Gasteiger charge is 2.21. The standard InChI is InChI=1S/C22H36N2O2/c1-5-19-10-7-8-14-24(19)15-9-13-23-22(25)20(6-2)26-21-16-17(3)11-12-18(21)4/h11-12,16,19-20H,5-10,13-15H2,1-4H3,(H,23,25)/t19-,20-/m1/s1. The second kappa shape index (κ2) is 10.6. The smallest absolute Gasteiger partial charge is 0.261 e. The minimum Gasteiger partial charge on any atom is -0.480 e. The van der Waals surface area contributed by atoms with E-state index in [4.69, 9.17) is 4.74 Å². The highest BCUT2D eigenvalue weighted by molar-refractivity contribution is 5.81. The van der Waals surface area contributed by atoms with Crippen molar-refractivity contribution in [2.45, 2.75) is 78.4 Å². The molecule has 26 heavy (non-hydrogen) atoms. The second-order valence-corrected chi connectivity index (χ2v) is 7.52. The Morgan fingerprint density at radius 2 is 2.12 bits per heavy atom. The van der Waals surface area contributed by atoms with Gasteiger partial charge in [0.05, 0.1) is 0 Å². The fourth-order valence-electron chi connectivity index (χ4n) is 3.73. The van der Waals surface area contributed by atoms with Crippen molar-refractivity contribution in [2.24, 2.45) is 0 Å². The van der Waals surface area contributed by atoms with E-state index in [1.165, 1.54) is 32.2 Å². The van der Waals surface area contributed by atoms with Crippen LogP contribution in [-0.4, -0.2) is 42.6 Å². The number of ether oxygens (including phenoxy) is 1. The Labute approximate surface area is 159 Å². The molecule has 4 nitrogen and oxygen atoms in total. The predicted molar refractivity (Wildman–Crippen MR) is 108 cm³/mol. The number of piperidine rings is 1. The van der Waals surface area contributed by atoms with Gasteiger partial charge >= 0.3 is 0 Å². The van der Waals surface area contributed by atoms with E-state index < -0.39 is 6.10 Å². The SMILES string of the molecule is CC[C@@H]1CCCCN1CCCNC(=O)[C@@H](CC)Oc1cc(C)ccc1C. The predicted octanol–water partition coefficient (Wildman–Crippen LogP) is 4.23. The number of likely N-dealkylation sites (tertiary alicyclic amines) is 1. The Morgan fingerprint density at radius 1 is 1.31 bits per heavy atom. The van der Waals surface area contributed by atoms with E-state index in [0.717, 1.165) is 42.4 Å². The van der Waals surface area contributed by atoms with Crippen LogP contribution >= 0.6 is 0 Å². The van der Waals surface area contributed by atoms with E-state index in [1.54, 1.807) is 0 Å². The third-order valence-corrected chi connectivity index (χ3v) is 5.42. The van der Waals surface area contributed by atoms with E-state index in [9.17, 15) is 4.79 Å². The molecule has 1 amide bonds. The number of aryl methyl sites for hydroxylation is 2. The van der Waals surface area contributed by atoms with Crippen LogP contribution in [0.3, 0.4) is 0 Å². The summed E-state index contributed by atoms with van der Waals surface area (Å²) >= 11 is 0. The van der Waals surface area contributed by atoms with Crippen molar-refractivity contribution in [1.29, 1.82) is 0 Å². The van der Waals surface area contributed by atoms with Crippen LogP contribution in [0.15, 0.2) is 18.2 Å². The Morgan fingerprint density at radius 3 is 2.85 bits per heavy atom. The van der Waals surface area contributed by atoms with Gasteiger partial charge in [-0.05, 0) is 69.7 Å². The summed E-state index contributed by atoms with van der Waals surface area (Å²) in [5.74, 6) is 0.810. The van der Waals surface area contributed by atoms with Gasteiger partial charge in [0.2, 0.25) is 0 Å². The number of carbonyl (C=O) groups is 1. The number of rotatable bonds is 9. The minimum absolute atomic E-state index is 0.000841. The zero-order valence-electron chi connectivity index (χ0n) is 17.0. The summed E-state index contributed by atoms with van der Waals surface area (Å²) in [6, 6.07) is 6.84. The molecule has 1 aliphatic rings.